The Labute approximate surface area is 521 Å². The highest BCUT2D eigenvalue weighted by Gasteiger charge is 2.44. The van der Waals surface area contributed by atoms with Gasteiger partial charge in [-0.25, -0.2) is 0 Å². The van der Waals surface area contributed by atoms with Crippen molar-refractivity contribution in [3.8, 4) is 0 Å². The third-order valence-electron chi connectivity index (χ3n) is 17.9. The summed E-state index contributed by atoms with van der Waals surface area (Å²) in [6.45, 7) is 3.81. The molecule has 0 aromatic rings. The van der Waals surface area contributed by atoms with Crippen LogP contribution < -0.4 is 5.32 Å². The predicted molar refractivity (Wildman–Crippen MR) is 360 cm³/mol. The maximum Gasteiger partial charge on any atom is 0.220 e. The van der Waals surface area contributed by atoms with E-state index in [1.807, 2.05) is 6.08 Å². The number of ether oxygens (including phenoxy) is 2. The standard InChI is InChI=1S/C75H143NO8/c1-3-5-7-9-11-13-15-17-19-21-23-25-26-27-28-29-30-31-32-33-34-35-36-37-38-39-40-41-42-43-44-45-47-49-51-53-55-57-59-61-63-65-71(79)76-68(67-83-75-74(82)73(81)72(80)70(66-77)84-75)69(78)64-62-60-58-56-54-52-50-48-46-24-22-20-18-16-14-12-10-8-6-4-2/h46,48,54,56,62,64,68-70,72-75,77-78,80-82H,3-45,47,49-53,55,57-61,63,65-67H2,1-2H3,(H,76,79)/b48-46+,56-54+,64-62+. The van der Waals surface area contributed by atoms with Crippen LogP contribution >= 0.6 is 0 Å². The van der Waals surface area contributed by atoms with Crippen LogP contribution in [0.15, 0.2) is 36.5 Å². The molecule has 1 aliphatic heterocycles. The predicted octanol–water partition coefficient (Wildman–Crippen LogP) is 20.6. The Morgan fingerprint density at radius 1 is 0.393 bits per heavy atom. The molecule has 0 aromatic heterocycles. The molecule has 9 heteroatoms. The third kappa shape index (κ3) is 52.4. The first-order chi connectivity index (χ1) is 41.3. The van der Waals surface area contributed by atoms with Crippen LogP contribution in [0.25, 0.3) is 0 Å². The van der Waals surface area contributed by atoms with Crippen LogP contribution in [-0.2, 0) is 14.3 Å². The van der Waals surface area contributed by atoms with E-state index < -0.39 is 49.5 Å². The maximum absolute atomic E-state index is 13.1. The second kappa shape index (κ2) is 64.4. The monoisotopic (exact) mass is 1190 g/mol. The molecule has 0 aliphatic carbocycles. The smallest absolute Gasteiger partial charge is 0.220 e. The van der Waals surface area contributed by atoms with Gasteiger partial charge in [-0.2, -0.15) is 0 Å². The third-order valence-corrected chi connectivity index (χ3v) is 17.9. The van der Waals surface area contributed by atoms with Crippen LogP contribution in [0.5, 0.6) is 0 Å². The average molecular weight is 1190 g/mol. The summed E-state index contributed by atoms with van der Waals surface area (Å²) in [6.07, 6.45) is 80.1. The summed E-state index contributed by atoms with van der Waals surface area (Å²) in [7, 11) is 0. The minimum absolute atomic E-state index is 0.183. The summed E-state index contributed by atoms with van der Waals surface area (Å²) < 4.78 is 11.3. The van der Waals surface area contributed by atoms with E-state index in [0.29, 0.717) is 6.42 Å². The molecule has 1 amide bonds. The van der Waals surface area contributed by atoms with Gasteiger partial charge in [-0.3, -0.25) is 4.79 Å². The number of amides is 1. The van der Waals surface area contributed by atoms with Gasteiger partial charge in [0, 0.05) is 6.42 Å². The van der Waals surface area contributed by atoms with Gasteiger partial charge in [0.2, 0.25) is 5.91 Å². The first kappa shape index (κ1) is 80.4. The summed E-state index contributed by atoms with van der Waals surface area (Å²) in [6, 6.07) is -0.828. The number of aliphatic hydroxyl groups is 5. The second-order valence-electron chi connectivity index (χ2n) is 26.1. The van der Waals surface area contributed by atoms with Gasteiger partial charge < -0.3 is 40.3 Å². The molecule has 7 unspecified atom stereocenters. The molecule has 0 aromatic carbocycles. The molecule has 7 atom stereocenters. The number of nitrogens with one attached hydrogen (secondary N) is 1. The van der Waals surface area contributed by atoms with Gasteiger partial charge in [0.1, 0.15) is 24.4 Å². The van der Waals surface area contributed by atoms with E-state index in [2.05, 4.69) is 43.5 Å². The van der Waals surface area contributed by atoms with Crippen molar-refractivity contribution < 1.29 is 39.8 Å². The van der Waals surface area contributed by atoms with Crippen LogP contribution in [0.3, 0.4) is 0 Å². The number of carbonyl (C=O) groups excluding carboxylic acids is 1. The highest BCUT2D eigenvalue weighted by atomic mass is 16.7. The number of rotatable bonds is 66. The lowest BCUT2D eigenvalue weighted by atomic mass is 9.99. The number of unbranched alkanes of at least 4 members (excludes halogenated alkanes) is 52. The van der Waals surface area contributed by atoms with Gasteiger partial charge in [0.05, 0.1) is 25.4 Å². The SMILES string of the molecule is CCCCCCCCCCCC/C=C/CC/C=C/CC/C=C/C(O)C(COC1OC(CO)C(O)C(O)C1O)NC(=O)CCCCCCCCCCCCCCCCCCCCCCCCCCCCCCCCCCCCCCCCCCC. The van der Waals surface area contributed by atoms with Crippen molar-refractivity contribution in [2.24, 2.45) is 0 Å². The molecule has 1 fully saturated rings. The van der Waals surface area contributed by atoms with Crippen LogP contribution in [0.4, 0.5) is 0 Å². The fourth-order valence-electron chi connectivity index (χ4n) is 12.1. The molecule has 0 saturated carbocycles. The van der Waals surface area contributed by atoms with Gasteiger partial charge in [0.15, 0.2) is 6.29 Å². The van der Waals surface area contributed by atoms with Crippen molar-refractivity contribution in [2.75, 3.05) is 13.2 Å². The Bertz CT molecular complexity index is 1420. The summed E-state index contributed by atoms with van der Waals surface area (Å²) in [5.74, 6) is -0.183. The molecule has 0 radical (unpaired) electrons. The van der Waals surface area contributed by atoms with E-state index in [9.17, 15) is 30.3 Å². The summed E-state index contributed by atoms with van der Waals surface area (Å²) in [4.78, 5) is 13.1. The van der Waals surface area contributed by atoms with Crippen LogP contribution in [0.1, 0.15) is 380 Å². The molecule has 1 rings (SSSR count). The van der Waals surface area contributed by atoms with Gasteiger partial charge in [0.25, 0.3) is 0 Å². The van der Waals surface area contributed by atoms with E-state index in [0.717, 1.165) is 44.9 Å². The van der Waals surface area contributed by atoms with Gasteiger partial charge >= 0.3 is 0 Å². The Kier molecular flexibility index (Phi) is 61.7. The largest absolute Gasteiger partial charge is 0.394 e. The molecule has 1 heterocycles. The Hall–Kier alpha value is -1.59. The van der Waals surface area contributed by atoms with E-state index >= 15 is 0 Å². The molecule has 0 bridgehead atoms. The van der Waals surface area contributed by atoms with Crippen molar-refractivity contribution in [1.82, 2.24) is 5.32 Å². The molecular formula is C75H143NO8. The fourth-order valence-corrected chi connectivity index (χ4v) is 12.1. The normalized spacial score (nSPS) is 18.3. The van der Waals surface area contributed by atoms with Crippen molar-refractivity contribution in [3.05, 3.63) is 36.5 Å². The molecule has 84 heavy (non-hydrogen) atoms. The van der Waals surface area contributed by atoms with Crippen molar-refractivity contribution in [2.45, 2.75) is 423 Å². The number of allylic oxidation sites excluding steroid dienone is 5. The number of hydrogen-bond acceptors (Lipinski definition) is 8. The Morgan fingerprint density at radius 2 is 0.679 bits per heavy atom. The molecular weight excluding hydrogens is 1040 g/mol. The fraction of sp³-hybridized carbons (Fsp3) is 0.907. The van der Waals surface area contributed by atoms with Crippen LogP contribution in [0.2, 0.25) is 0 Å². The lowest BCUT2D eigenvalue weighted by molar-refractivity contribution is -0.302. The first-order valence-electron chi connectivity index (χ1n) is 37.2. The van der Waals surface area contributed by atoms with Crippen molar-refractivity contribution >= 4 is 5.91 Å². The average Bonchev–Trinajstić information content (AvgIpc) is 3.68. The minimum atomic E-state index is -1.57. The van der Waals surface area contributed by atoms with Gasteiger partial charge in [-0.1, -0.05) is 365 Å². The van der Waals surface area contributed by atoms with Crippen molar-refractivity contribution in [3.63, 3.8) is 0 Å². The summed E-state index contributed by atoms with van der Waals surface area (Å²) >= 11 is 0. The quantitative estimate of drug-likeness (QED) is 0.0261. The Morgan fingerprint density at radius 3 is 1.00 bits per heavy atom. The van der Waals surface area contributed by atoms with Crippen LogP contribution in [-0.4, -0.2) is 87.5 Å². The molecule has 496 valence electrons. The van der Waals surface area contributed by atoms with E-state index in [1.165, 1.54) is 315 Å². The zero-order chi connectivity index (χ0) is 60.7. The highest BCUT2D eigenvalue weighted by Crippen LogP contribution is 2.24. The number of aliphatic hydroxyl groups excluding tert-OH is 5. The molecule has 1 aliphatic rings. The molecule has 0 spiro atoms. The lowest BCUT2D eigenvalue weighted by Gasteiger charge is -2.40. The highest BCUT2D eigenvalue weighted by molar-refractivity contribution is 5.76. The van der Waals surface area contributed by atoms with E-state index in [4.69, 9.17) is 9.47 Å². The summed E-state index contributed by atoms with van der Waals surface area (Å²) in [5, 5.41) is 54.7. The van der Waals surface area contributed by atoms with E-state index in [-0.39, 0.29) is 12.5 Å². The first-order valence-corrected chi connectivity index (χ1v) is 37.2. The van der Waals surface area contributed by atoms with E-state index in [1.54, 1.807) is 6.08 Å². The van der Waals surface area contributed by atoms with Crippen LogP contribution in [0, 0.1) is 0 Å². The zero-order valence-electron chi connectivity index (χ0n) is 55.7. The maximum atomic E-state index is 13.1. The topological polar surface area (TPSA) is 149 Å². The van der Waals surface area contributed by atoms with Gasteiger partial charge in [-0.15, -0.1) is 0 Å². The number of carbonyl (C=O) groups is 1. The minimum Gasteiger partial charge on any atom is -0.394 e. The van der Waals surface area contributed by atoms with Gasteiger partial charge in [-0.05, 0) is 44.9 Å². The summed E-state index contributed by atoms with van der Waals surface area (Å²) in [5.41, 5.74) is 0. The molecule has 9 nitrogen and oxygen atoms in total. The molecule has 6 N–H and O–H groups in total. The second-order valence-corrected chi connectivity index (χ2v) is 26.1. The molecule has 1 saturated heterocycles. The lowest BCUT2D eigenvalue weighted by Crippen LogP contribution is -2.60. The van der Waals surface area contributed by atoms with Crippen molar-refractivity contribution in [1.29, 1.82) is 0 Å². The zero-order valence-corrected chi connectivity index (χ0v) is 55.7. The Balaban J connectivity index is 2.04. The number of hydrogen-bond donors (Lipinski definition) is 6.